The molecule has 0 aliphatic heterocycles. The normalized spacial score (nSPS) is 18.0. The maximum atomic E-state index is 12.2. The van der Waals surface area contributed by atoms with Crippen LogP contribution in [0.5, 0.6) is 0 Å². The van der Waals surface area contributed by atoms with E-state index in [4.69, 9.17) is 0 Å². The van der Waals surface area contributed by atoms with E-state index in [0.29, 0.717) is 17.7 Å². The lowest BCUT2D eigenvalue weighted by molar-refractivity contribution is -0.145. The molecule has 2 rings (SSSR count). The number of carboxylic acids is 1. The lowest BCUT2D eigenvalue weighted by atomic mass is 9.81. The van der Waals surface area contributed by atoms with Gasteiger partial charge in [0.1, 0.15) is 5.54 Å². The van der Waals surface area contributed by atoms with E-state index in [1.54, 1.807) is 6.07 Å². The molecule has 1 fully saturated rings. The summed E-state index contributed by atoms with van der Waals surface area (Å²) in [5.41, 5.74) is -1.10. The summed E-state index contributed by atoms with van der Waals surface area (Å²) in [6.07, 6.45) is 3.71. The molecule has 19 heavy (non-hydrogen) atoms. The molecule has 0 bridgehead atoms. The highest BCUT2D eigenvalue weighted by molar-refractivity contribution is 9.13. The van der Waals surface area contributed by atoms with Gasteiger partial charge >= 0.3 is 5.97 Å². The summed E-state index contributed by atoms with van der Waals surface area (Å²) in [6.45, 7) is 0. The molecule has 0 spiro atoms. The number of hydrogen-bond acceptors (Lipinski definition) is 3. The van der Waals surface area contributed by atoms with Crippen LogP contribution in [0.4, 0.5) is 0 Å². The van der Waals surface area contributed by atoms with Gasteiger partial charge in [-0.2, -0.15) is 0 Å². The van der Waals surface area contributed by atoms with Crippen molar-refractivity contribution in [3.63, 3.8) is 0 Å². The molecule has 1 aromatic rings. The molecule has 1 saturated carbocycles. The van der Waals surface area contributed by atoms with Crippen LogP contribution in [0.2, 0.25) is 0 Å². The number of carboxylic acid groups (broad SMARTS) is 1. The van der Waals surface area contributed by atoms with Crippen LogP contribution >= 0.6 is 43.2 Å². The van der Waals surface area contributed by atoms with Crippen LogP contribution < -0.4 is 5.32 Å². The van der Waals surface area contributed by atoms with E-state index in [-0.39, 0.29) is 5.91 Å². The average Bonchev–Trinajstić information content (AvgIpc) is 2.71. The lowest BCUT2D eigenvalue weighted by Gasteiger charge is -2.33. The van der Waals surface area contributed by atoms with E-state index in [1.165, 1.54) is 11.3 Å². The summed E-state index contributed by atoms with van der Waals surface area (Å²) in [4.78, 5) is 24.2. The molecule has 4 nitrogen and oxygen atoms in total. The molecule has 2 N–H and O–H groups in total. The van der Waals surface area contributed by atoms with Gasteiger partial charge in [0.25, 0.3) is 5.91 Å². The van der Waals surface area contributed by atoms with Gasteiger partial charge in [-0.25, -0.2) is 4.79 Å². The summed E-state index contributed by atoms with van der Waals surface area (Å²) in [7, 11) is 0. The van der Waals surface area contributed by atoms with Crippen LogP contribution in [0.1, 0.15) is 41.8 Å². The fraction of sp³-hybridized carbons (Fsp3) is 0.500. The minimum atomic E-state index is -1.10. The van der Waals surface area contributed by atoms with Gasteiger partial charge in [0.15, 0.2) is 0 Å². The van der Waals surface area contributed by atoms with Gasteiger partial charge in [0.2, 0.25) is 0 Å². The predicted octanol–water partition coefficient (Wildman–Crippen LogP) is 3.79. The Kier molecular flexibility index (Phi) is 4.68. The van der Waals surface area contributed by atoms with Crippen molar-refractivity contribution in [1.29, 1.82) is 0 Å². The van der Waals surface area contributed by atoms with Crippen molar-refractivity contribution in [2.24, 2.45) is 0 Å². The molecule has 1 amide bonds. The minimum Gasteiger partial charge on any atom is -0.480 e. The first-order valence-electron chi connectivity index (χ1n) is 5.95. The Morgan fingerprint density at radius 3 is 2.37 bits per heavy atom. The quantitative estimate of drug-likeness (QED) is 0.796. The molecule has 0 atom stereocenters. The average molecular weight is 411 g/mol. The summed E-state index contributed by atoms with van der Waals surface area (Å²) in [5.74, 6) is -1.25. The van der Waals surface area contributed by atoms with Crippen LogP contribution in [0.3, 0.4) is 0 Å². The van der Waals surface area contributed by atoms with Gasteiger partial charge in [-0.05, 0) is 50.8 Å². The summed E-state index contributed by atoms with van der Waals surface area (Å²) < 4.78 is 1.63. The number of nitrogens with one attached hydrogen (secondary N) is 1. The van der Waals surface area contributed by atoms with E-state index < -0.39 is 11.5 Å². The van der Waals surface area contributed by atoms with Crippen molar-refractivity contribution in [3.05, 3.63) is 19.2 Å². The maximum absolute atomic E-state index is 12.2. The SMILES string of the molecule is O=C(NC1(C(=O)O)CCCCC1)c1cc(Br)c(Br)s1. The first-order chi connectivity index (χ1) is 8.94. The van der Waals surface area contributed by atoms with Crippen LogP contribution in [-0.2, 0) is 4.79 Å². The van der Waals surface area contributed by atoms with Crippen molar-refractivity contribution < 1.29 is 14.7 Å². The standard InChI is InChI=1S/C12H13Br2NO3S/c13-7-6-8(19-9(7)14)10(16)15-12(11(17)18)4-2-1-3-5-12/h6H,1-5H2,(H,15,16)(H,17,18). The molecule has 1 aliphatic carbocycles. The number of carbonyl (C=O) groups is 2. The van der Waals surface area contributed by atoms with Crippen molar-refractivity contribution in [2.75, 3.05) is 0 Å². The molecule has 104 valence electrons. The van der Waals surface area contributed by atoms with Crippen molar-refractivity contribution in [2.45, 2.75) is 37.6 Å². The third-order valence-corrected chi connectivity index (χ3v) is 6.59. The monoisotopic (exact) mass is 409 g/mol. The summed E-state index contributed by atoms with van der Waals surface area (Å²) in [5, 5.41) is 12.1. The highest BCUT2D eigenvalue weighted by Crippen LogP contribution is 2.34. The van der Waals surface area contributed by atoms with Crippen LogP contribution in [-0.4, -0.2) is 22.5 Å². The molecule has 1 aliphatic rings. The van der Waals surface area contributed by atoms with Crippen molar-refractivity contribution in [1.82, 2.24) is 5.32 Å². The summed E-state index contributed by atoms with van der Waals surface area (Å²) >= 11 is 7.93. The Bertz CT molecular complexity index is 490. The van der Waals surface area contributed by atoms with E-state index in [0.717, 1.165) is 27.5 Å². The van der Waals surface area contributed by atoms with Crippen molar-refractivity contribution >= 4 is 55.1 Å². The molecule has 0 saturated heterocycles. The topological polar surface area (TPSA) is 66.4 Å². The van der Waals surface area contributed by atoms with Gasteiger partial charge in [-0.3, -0.25) is 4.79 Å². The molecule has 0 radical (unpaired) electrons. The molecule has 7 heteroatoms. The molecule has 1 aromatic heterocycles. The second kappa shape index (κ2) is 5.93. The van der Waals surface area contributed by atoms with E-state index in [1.807, 2.05) is 0 Å². The molecule has 1 heterocycles. The number of hydrogen-bond donors (Lipinski definition) is 2. The molecular formula is C12H13Br2NO3S. The molecule has 0 unspecified atom stereocenters. The van der Waals surface area contributed by atoms with Crippen LogP contribution in [0.15, 0.2) is 14.3 Å². The van der Waals surface area contributed by atoms with Gasteiger partial charge in [0.05, 0.1) is 8.66 Å². The predicted molar refractivity (Wildman–Crippen MR) is 80.6 cm³/mol. The van der Waals surface area contributed by atoms with Crippen molar-refractivity contribution in [3.8, 4) is 0 Å². The van der Waals surface area contributed by atoms with E-state index in [9.17, 15) is 14.7 Å². The van der Waals surface area contributed by atoms with Gasteiger partial charge < -0.3 is 10.4 Å². The zero-order valence-corrected chi connectivity index (χ0v) is 14.0. The van der Waals surface area contributed by atoms with Crippen LogP contribution in [0, 0.1) is 0 Å². The maximum Gasteiger partial charge on any atom is 0.329 e. The number of halogens is 2. The number of amides is 1. The van der Waals surface area contributed by atoms with Crippen LogP contribution in [0.25, 0.3) is 0 Å². The Labute approximate surface area is 131 Å². The smallest absolute Gasteiger partial charge is 0.329 e. The fourth-order valence-electron chi connectivity index (χ4n) is 2.29. The fourth-order valence-corrected chi connectivity index (χ4v) is 4.22. The Morgan fingerprint density at radius 2 is 1.89 bits per heavy atom. The number of thiophene rings is 1. The van der Waals surface area contributed by atoms with Gasteiger partial charge in [0, 0.05) is 4.47 Å². The number of carbonyl (C=O) groups excluding carboxylic acids is 1. The lowest BCUT2D eigenvalue weighted by Crippen LogP contribution is -2.55. The molecule has 0 aromatic carbocycles. The Hall–Kier alpha value is -0.400. The number of rotatable bonds is 3. The minimum absolute atomic E-state index is 0.319. The second-order valence-electron chi connectivity index (χ2n) is 4.63. The number of aliphatic carboxylic acids is 1. The zero-order valence-electron chi connectivity index (χ0n) is 10.0. The van der Waals surface area contributed by atoms with Gasteiger partial charge in [-0.1, -0.05) is 19.3 Å². The first-order valence-corrected chi connectivity index (χ1v) is 8.36. The third-order valence-electron chi connectivity index (χ3n) is 3.34. The molecular weight excluding hydrogens is 398 g/mol. The Balaban J connectivity index is 2.17. The highest BCUT2D eigenvalue weighted by Gasteiger charge is 2.41. The largest absolute Gasteiger partial charge is 0.480 e. The Morgan fingerprint density at radius 1 is 1.26 bits per heavy atom. The first kappa shape index (κ1) is 15.0. The highest BCUT2D eigenvalue weighted by atomic mass is 79.9. The third kappa shape index (κ3) is 3.20. The van der Waals surface area contributed by atoms with Gasteiger partial charge in [-0.15, -0.1) is 11.3 Å². The summed E-state index contributed by atoms with van der Waals surface area (Å²) in [6, 6.07) is 1.70. The van der Waals surface area contributed by atoms with E-state index >= 15 is 0 Å². The van der Waals surface area contributed by atoms with E-state index in [2.05, 4.69) is 37.2 Å². The zero-order chi connectivity index (χ0) is 14.0. The second-order valence-corrected chi connectivity index (χ2v) is 7.86.